The Morgan fingerprint density at radius 3 is 2.41 bits per heavy atom. The first-order valence-corrected chi connectivity index (χ1v) is 11.6. The van der Waals surface area contributed by atoms with E-state index in [1.165, 1.54) is 17.0 Å². The van der Waals surface area contributed by atoms with E-state index in [0.717, 1.165) is 30.5 Å². The average Bonchev–Trinajstić information content (AvgIpc) is 3.19. The zero-order chi connectivity index (χ0) is 24.5. The highest BCUT2D eigenvalue weighted by molar-refractivity contribution is 5.98. The summed E-state index contributed by atoms with van der Waals surface area (Å²) in [6.45, 7) is 3.97. The molecule has 1 aliphatic heterocycles. The van der Waals surface area contributed by atoms with Crippen LogP contribution in [0.4, 0.5) is 13.2 Å². The lowest BCUT2D eigenvalue weighted by molar-refractivity contribution is -0.137. The number of carbonyl (C=O) groups excluding carboxylic acids is 2. The molecule has 1 N–H and O–H groups in total. The molecule has 1 heterocycles. The highest BCUT2D eigenvalue weighted by Crippen LogP contribution is 2.43. The Balaban J connectivity index is 1.64. The first-order valence-electron chi connectivity index (χ1n) is 11.6. The van der Waals surface area contributed by atoms with Crippen LogP contribution in [-0.2, 0) is 15.7 Å². The summed E-state index contributed by atoms with van der Waals surface area (Å²) in [7, 11) is 0. The molecule has 8 heteroatoms. The van der Waals surface area contributed by atoms with Crippen molar-refractivity contribution < 1.29 is 27.5 Å². The third-order valence-corrected chi connectivity index (χ3v) is 6.93. The minimum Gasteiger partial charge on any atom is -0.353 e. The van der Waals surface area contributed by atoms with Gasteiger partial charge in [-0.25, -0.2) is 0 Å². The quantitative estimate of drug-likeness (QED) is 0.652. The topological polar surface area (TPSA) is 58.6 Å². The lowest BCUT2D eigenvalue weighted by atomic mass is 9.83. The normalized spacial score (nSPS) is 25.9. The maximum Gasteiger partial charge on any atom is 0.416 e. The van der Waals surface area contributed by atoms with Crippen LogP contribution in [0, 0.1) is 5.92 Å². The van der Waals surface area contributed by atoms with Crippen LogP contribution in [-0.4, -0.2) is 35.1 Å². The van der Waals surface area contributed by atoms with E-state index in [1.807, 2.05) is 37.3 Å². The van der Waals surface area contributed by atoms with Crippen molar-refractivity contribution in [3.63, 3.8) is 0 Å². The van der Waals surface area contributed by atoms with E-state index < -0.39 is 29.4 Å². The fourth-order valence-corrected chi connectivity index (χ4v) is 4.88. The summed E-state index contributed by atoms with van der Waals surface area (Å²) >= 11 is 0. The fraction of sp³-hybridized carbons (Fsp3) is 0.462. The van der Waals surface area contributed by atoms with Crippen LogP contribution in [0.3, 0.4) is 0 Å². The molecule has 0 radical (unpaired) electrons. The molecule has 0 bridgehead atoms. The van der Waals surface area contributed by atoms with Gasteiger partial charge in [-0.3, -0.25) is 14.5 Å². The minimum absolute atomic E-state index is 0.00637. The monoisotopic (exact) mass is 474 g/mol. The van der Waals surface area contributed by atoms with Crippen molar-refractivity contribution >= 4 is 11.8 Å². The number of hydrogen-bond acceptors (Lipinski definition) is 3. The molecule has 4 rings (SSSR count). The number of rotatable bonds is 4. The molecule has 34 heavy (non-hydrogen) atoms. The van der Waals surface area contributed by atoms with Gasteiger partial charge in [-0.15, -0.1) is 0 Å². The second kappa shape index (κ2) is 9.41. The molecule has 1 spiro atoms. The van der Waals surface area contributed by atoms with Gasteiger partial charge >= 0.3 is 6.18 Å². The molecule has 0 aromatic heterocycles. The first kappa shape index (κ1) is 24.3. The number of nitrogens with zero attached hydrogens (tertiary/aromatic N) is 1. The Bertz CT molecular complexity index is 1030. The van der Waals surface area contributed by atoms with Gasteiger partial charge in [0, 0.05) is 5.56 Å². The summed E-state index contributed by atoms with van der Waals surface area (Å²) in [6.07, 6.45) is -1.88. The van der Waals surface area contributed by atoms with Crippen molar-refractivity contribution in [2.24, 2.45) is 5.92 Å². The summed E-state index contributed by atoms with van der Waals surface area (Å²) in [5.74, 6) is -0.552. The Morgan fingerprint density at radius 1 is 1.09 bits per heavy atom. The van der Waals surface area contributed by atoms with Crippen molar-refractivity contribution in [1.29, 1.82) is 0 Å². The Morgan fingerprint density at radius 2 is 1.76 bits per heavy atom. The molecule has 1 aliphatic carbocycles. The Labute approximate surface area is 197 Å². The molecule has 2 amide bonds. The van der Waals surface area contributed by atoms with Gasteiger partial charge in [0.25, 0.3) is 5.91 Å². The number of nitrogens with one attached hydrogen (secondary N) is 1. The predicted molar refractivity (Wildman–Crippen MR) is 121 cm³/mol. The number of amides is 2. The molecule has 2 aliphatic rings. The van der Waals surface area contributed by atoms with Crippen LogP contribution in [0.25, 0.3) is 0 Å². The standard InChI is InChI=1S/C26H29F3N2O3/c1-17-11-13-25(14-12-17)31(24(33)20-9-6-10-21(15-20)26(27,28)29)22(16-34-25)23(32)30-18(2)19-7-4-3-5-8-19/h3-10,15,17-18,22H,11-14,16H2,1-2H3,(H,30,32)/t17?,18-,22-,25?/m0/s1. The maximum atomic E-state index is 13.7. The molecular formula is C26H29F3N2O3. The second-order valence-electron chi connectivity index (χ2n) is 9.35. The molecule has 2 fully saturated rings. The molecule has 2 aromatic carbocycles. The lowest BCUT2D eigenvalue weighted by Crippen LogP contribution is -2.57. The smallest absolute Gasteiger partial charge is 0.353 e. The van der Waals surface area contributed by atoms with Crippen LogP contribution in [0.2, 0.25) is 0 Å². The number of alkyl halides is 3. The van der Waals surface area contributed by atoms with E-state index in [9.17, 15) is 22.8 Å². The van der Waals surface area contributed by atoms with Crippen LogP contribution in [0.15, 0.2) is 54.6 Å². The zero-order valence-electron chi connectivity index (χ0n) is 19.3. The summed E-state index contributed by atoms with van der Waals surface area (Å²) in [5, 5.41) is 2.95. The molecule has 0 unspecified atom stereocenters. The number of carbonyl (C=O) groups is 2. The highest BCUT2D eigenvalue weighted by atomic mass is 19.4. The fourth-order valence-electron chi connectivity index (χ4n) is 4.88. The van der Waals surface area contributed by atoms with E-state index in [-0.39, 0.29) is 24.1 Å². The summed E-state index contributed by atoms with van der Waals surface area (Å²) in [5.41, 5.74) is -1.09. The van der Waals surface area contributed by atoms with Gasteiger partial charge in [-0.1, -0.05) is 43.3 Å². The van der Waals surface area contributed by atoms with Crippen molar-refractivity contribution in [3.05, 3.63) is 71.3 Å². The van der Waals surface area contributed by atoms with Gasteiger partial charge in [0.2, 0.25) is 5.91 Å². The SMILES string of the molecule is CC1CCC2(CC1)OC[C@@H](C(=O)N[C@@H](C)c1ccccc1)N2C(=O)c1cccc(C(F)(F)F)c1. The Kier molecular flexibility index (Phi) is 6.71. The van der Waals surface area contributed by atoms with Gasteiger partial charge < -0.3 is 10.1 Å². The Hall–Kier alpha value is -2.87. The average molecular weight is 475 g/mol. The van der Waals surface area contributed by atoms with E-state index in [1.54, 1.807) is 0 Å². The molecule has 182 valence electrons. The first-order chi connectivity index (χ1) is 16.1. The third kappa shape index (κ3) is 4.82. The molecule has 1 saturated carbocycles. The number of benzene rings is 2. The molecular weight excluding hydrogens is 445 g/mol. The van der Waals surface area contributed by atoms with Crippen LogP contribution in [0.1, 0.15) is 67.1 Å². The van der Waals surface area contributed by atoms with E-state index in [2.05, 4.69) is 12.2 Å². The van der Waals surface area contributed by atoms with E-state index in [0.29, 0.717) is 18.8 Å². The van der Waals surface area contributed by atoms with Crippen molar-refractivity contribution in [2.75, 3.05) is 6.61 Å². The van der Waals surface area contributed by atoms with Gasteiger partial charge in [0.05, 0.1) is 18.2 Å². The summed E-state index contributed by atoms with van der Waals surface area (Å²) in [6, 6.07) is 12.5. The molecule has 5 nitrogen and oxygen atoms in total. The van der Waals surface area contributed by atoms with E-state index in [4.69, 9.17) is 4.74 Å². The van der Waals surface area contributed by atoms with E-state index >= 15 is 0 Å². The van der Waals surface area contributed by atoms with Gasteiger partial charge in [0.15, 0.2) is 0 Å². The summed E-state index contributed by atoms with van der Waals surface area (Å²) < 4.78 is 46.0. The largest absolute Gasteiger partial charge is 0.416 e. The third-order valence-electron chi connectivity index (χ3n) is 6.93. The zero-order valence-corrected chi connectivity index (χ0v) is 19.3. The van der Waals surface area contributed by atoms with Crippen molar-refractivity contribution in [1.82, 2.24) is 10.2 Å². The van der Waals surface area contributed by atoms with Crippen LogP contribution < -0.4 is 5.32 Å². The second-order valence-corrected chi connectivity index (χ2v) is 9.35. The summed E-state index contributed by atoms with van der Waals surface area (Å²) in [4.78, 5) is 28.4. The molecule has 1 saturated heterocycles. The molecule has 2 aromatic rings. The van der Waals surface area contributed by atoms with Crippen LogP contribution >= 0.6 is 0 Å². The van der Waals surface area contributed by atoms with Crippen LogP contribution in [0.5, 0.6) is 0 Å². The highest BCUT2D eigenvalue weighted by Gasteiger charge is 2.53. The van der Waals surface area contributed by atoms with Gasteiger partial charge in [-0.05, 0) is 62.3 Å². The molecule has 2 atom stereocenters. The minimum atomic E-state index is -4.57. The maximum absolute atomic E-state index is 13.7. The number of hydrogen-bond donors (Lipinski definition) is 1. The van der Waals surface area contributed by atoms with Crippen molar-refractivity contribution in [2.45, 2.75) is 63.5 Å². The van der Waals surface area contributed by atoms with Gasteiger partial charge in [0.1, 0.15) is 11.8 Å². The predicted octanol–water partition coefficient (Wildman–Crippen LogP) is 5.33. The van der Waals surface area contributed by atoms with Gasteiger partial charge in [-0.2, -0.15) is 13.2 Å². The van der Waals surface area contributed by atoms with Crippen molar-refractivity contribution in [3.8, 4) is 0 Å². The lowest BCUT2D eigenvalue weighted by Gasteiger charge is -2.43. The number of halogens is 3. The number of ether oxygens (including phenoxy) is 1.